The molecular formula is C7H8BrN3O2. The van der Waals surface area contributed by atoms with Gasteiger partial charge in [0, 0.05) is 20.3 Å². The van der Waals surface area contributed by atoms with Crippen LogP contribution >= 0.6 is 15.9 Å². The summed E-state index contributed by atoms with van der Waals surface area (Å²) in [5.41, 5.74) is -0.0290. The van der Waals surface area contributed by atoms with Crippen molar-refractivity contribution < 1.29 is 9.90 Å². The Kier molecular flexibility index (Phi) is 2.82. The molecule has 70 valence electrons. The van der Waals surface area contributed by atoms with Gasteiger partial charge in [-0.05, 0) is 15.9 Å². The maximum absolute atomic E-state index is 10.7. The summed E-state index contributed by atoms with van der Waals surface area (Å²) < 4.78 is 0.380. The van der Waals surface area contributed by atoms with Gasteiger partial charge in [0.25, 0.3) is 0 Å². The topological polar surface area (TPSA) is 66.3 Å². The third kappa shape index (κ3) is 2.15. The minimum absolute atomic E-state index is 0.0290. The zero-order valence-corrected chi connectivity index (χ0v) is 8.74. The second kappa shape index (κ2) is 3.69. The summed E-state index contributed by atoms with van der Waals surface area (Å²) in [6, 6.07) is 0. The van der Waals surface area contributed by atoms with Gasteiger partial charge < -0.3 is 10.0 Å². The van der Waals surface area contributed by atoms with Crippen LogP contribution in [-0.4, -0.2) is 35.1 Å². The van der Waals surface area contributed by atoms with Crippen LogP contribution in [0.5, 0.6) is 0 Å². The van der Waals surface area contributed by atoms with Crippen molar-refractivity contribution in [2.45, 2.75) is 0 Å². The molecule has 1 aromatic rings. The van der Waals surface area contributed by atoms with Crippen LogP contribution in [0.4, 0.5) is 5.95 Å². The standard InChI is InChI=1S/C7H8BrN3O2/c1-11(2)7-9-3-4(8)5(10-7)6(12)13/h3H,1-2H3,(H,12,13). The molecule has 0 amide bonds. The lowest BCUT2D eigenvalue weighted by molar-refractivity contribution is 0.0689. The Morgan fingerprint density at radius 2 is 2.23 bits per heavy atom. The summed E-state index contributed by atoms with van der Waals surface area (Å²) in [4.78, 5) is 20.1. The number of carboxylic acids is 1. The molecule has 0 atom stereocenters. The quantitative estimate of drug-likeness (QED) is 0.843. The highest BCUT2D eigenvalue weighted by molar-refractivity contribution is 9.10. The van der Waals surface area contributed by atoms with Crippen LogP contribution in [0, 0.1) is 0 Å². The Labute approximate surface area is 83.5 Å². The number of hydrogen-bond acceptors (Lipinski definition) is 4. The molecule has 0 bridgehead atoms. The molecule has 5 nitrogen and oxygen atoms in total. The van der Waals surface area contributed by atoms with Gasteiger partial charge in [0.2, 0.25) is 5.95 Å². The van der Waals surface area contributed by atoms with E-state index in [4.69, 9.17) is 5.11 Å². The normalized spacial score (nSPS) is 9.77. The third-order valence-corrected chi connectivity index (χ3v) is 1.91. The zero-order chi connectivity index (χ0) is 10.0. The minimum Gasteiger partial charge on any atom is -0.476 e. The molecule has 0 radical (unpaired) electrons. The summed E-state index contributed by atoms with van der Waals surface area (Å²) in [7, 11) is 3.49. The summed E-state index contributed by atoms with van der Waals surface area (Å²) >= 11 is 3.06. The highest BCUT2D eigenvalue weighted by atomic mass is 79.9. The lowest BCUT2D eigenvalue weighted by Crippen LogP contribution is -2.15. The van der Waals surface area contributed by atoms with Crippen molar-refractivity contribution in [2.24, 2.45) is 0 Å². The van der Waals surface area contributed by atoms with E-state index in [0.29, 0.717) is 10.4 Å². The number of anilines is 1. The predicted molar refractivity (Wildman–Crippen MR) is 51.0 cm³/mol. The lowest BCUT2D eigenvalue weighted by atomic mass is 10.4. The molecule has 0 fully saturated rings. The van der Waals surface area contributed by atoms with E-state index in [1.54, 1.807) is 19.0 Å². The number of aromatic carboxylic acids is 1. The average Bonchev–Trinajstić information content (AvgIpc) is 2.04. The van der Waals surface area contributed by atoms with Crippen molar-refractivity contribution in [1.82, 2.24) is 9.97 Å². The first kappa shape index (κ1) is 9.91. The Balaban J connectivity index is 3.19. The fraction of sp³-hybridized carbons (Fsp3) is 0.286. The molecule has 0 aliphatic carbocycles. The molecule has 0 unspecified atom stereocenters. The highest BCUT2D eigenvalue weighted by Crippen LogP contribution is 2.15. The van der Waals surface area contributed by atoms with Gasteiger partial charge in [0.15, 0.2) is 5.69 Å². The summed E-state index contributed by atoms with van der Waals surface area (Å²) in [6.07, 6.45) is 1.42. The molecule has 13 heavy (non-hydrogen) atoms. The first-order valence-corrected chi connectivity index (χ1v) is 4.25. The van der Waals surface area contributed by atoms with Gasteiger partial charge in [0.05, 0.1) is 4.47 Å². The van der Waals surface area contributed by atoms with E-state index in [2.05, 4.69) is 25.9 Å². The molecule has 1 N–H and O–H groups in total. The van der Waals surface area contributed by atoms with Gasteiger partial charge >= 0.3 is 5.97 Å². The van der Waals surface area contributed by atoms with E-state index in [-0.39, 0.29) is 5.69 Å². The summed E-state index contributed by atoms with van der Waals surface area (Å²) in [5.74, 6) is -0.696. The van der Waals surface area contributed by atoms with Crippen molar-refractivity contribution in [1.29, 1.82) is 0 Å². The van der Waals surface area contributed by atoms with Gasteiger partial charge in [-0.25, -0.2) is 14.8 Å². The molecule has 0 aliphatic heterocycles. The molecule has 0 aromatic carbocycles. The van der Waals surface area contributed by atoms with Crippen LogP contribution in [0.25, 0.3) is 0 Å². The van der Waals surface area contributed by atoms with Gasteiger partial charge in [0.1, 0.15) is 0 Å². The smallest absolute Gasteiger partial charge is 0.355 e. The Morgan fingerprint density at radius 1 is 1.62 bits per heavy atom. The lowest BCUT2D eigenvalue weighted by Gasteiger charge is -2.09. The van der Waals surface area contributed by atoms with Crippen molar-refractivity contribution >= 4 is 27.8 Å². The highest BCUT2D eigenvalue weighted by Gasteiger charge is 2.12. The summed E-state index contributed by atoms with van der Waals surface area (Å²) in [5, 5.41) is 8.73. The molecule has 6 heteroatoms. The van der Waals surface area contributed by atoms with Crippen molar-refractivity contribution in [2.75, 3.05) is 19.0 Å². The third-order valence-electron chi connectivity index (χ3n) is 1.33. The summed E-state index contributed by atoms with van der Waals surface area (Å²) in [6.45, 7) is 0. The number of hydrogen-bond donors (Lipinski definition) is 1. The number of rotatable bonds is 2. The Bertz CT molecular complexity index is 341. The average molecular weight is 246 g/mol. The van der Waals surface area contributed by atoms with E-state index < -0.39 is 5.97 Å². The SMILES string of the molecule is CN(C)c1ncc(Br)c(C(=O)O)n1. The minimum atomic E-state index is -1.07. The predicted octanol–water partition coefficient (Wildman–Crippen LogP) is 1.00. The Hall–Kier alpha value is -1.17. The molecule has 0 saturated carbocycles. The van der Waals surface area contributed by atoms with Crippen LogP contribution < -0.4 is 4.90 Å². The molecule has 0 aliphatic rings. The maximum atomic E-state index is 10.7. The van der Waals surface area contributed by atoms with Gasteiger partial charge in [-0.1, -0.05) is 0 Å². The Morgan fingerprint density at radius 3 is 2.69 bits per heavy atom. The van der Waals surface area contributed by atoms with E-state index in [1.807, 2.05) is 0 Å². The monoisotopic (exact) mass is 245 g/mol. The first-order chi connectivity index (χ1) is 6.02. The number of halogens is 1. The van der Waals surface area contributed by atoms with Crippen molar-refractivity contribution in [3.05, 3.63) is 16.4 Å². The second-order valence-corrected chi connectivity index (χ2v) is 3.42. The van der Waals surface area contributed by atoms with Gasteiger partial charge in [-0.3, -0.25) is 0 Å². The largest absolute Gasteiger partial charge is 0.476 e. The fourth-order valence-corrected chi connectivity index (χ4v) is 1.08. The van der Waals surface area contributed by atoms with E-state index in [0.717, 1.165) is 0 Å². The number of nitrogens with zero attached hydrogens (tertiary/aromatic N) is 3. The molecule has 0 saturated heterocycles. The maximum Gasteiger partial charge on any atom is 0.355 e. The van der Waals surface area contributed by atoms with Crippen molar-refractivity contribution in [3.63, 3.8) is 0 Å². The van der Waals surface area contributed by atoms with Crippen LogP contribution in [0.15, 0.2) is 10.7 Å². The van der Waals surface area contributed by atoms with Gasteiger partial charge in [-0.15, -0.1) is 0 Å². The molecule has 1 rings (SSSR count). The van der Waals surface area contributed by atoms with Crippen LogP contribution in [0.3, 0.4) is 0 Å². The second-order valence-electron chi connectivity index (χ2n) is 2.57. The first-order valence-electron chi connectivity index (χ1n) is 3.45. The number of carbonyl (C=O) groups is 1. The van der Waals surface area contributed by atoms with E-state index in [9.17, 15) is 4.79 Å². The number of aromatic nitrogens is 2. The van der Waals surface area contributed by atoms with Crippen LogP contribution in [0.2, 0.25) is 0 Å². The fourth-order valence-electron chi connectivity index (χ4n) is 0.723. The van der Waals surface area contributed by atoms with Gasteiger partial charge in [-0.2, -0.15) is 0 Å². The zero-order valence-electron chi connectivity index (χ0n) is 7.15. The molecular weight excluding hydrogens is 238 g/mol. The number of carboxylic acid groups (broad SMARTS) is 1. The molecule has 1 aromatic heterocycles. The van der Waals surface area contributed by atoms with Crippen LogP contribution in [0.1, 0.15) is 10.5 Å². The van der Waals surface area contributed by atoms with Crippen LogP contribution in [-0.2, 0) is 0 Å². The van der Waals surface area contributed by atoms with E-state index in [1.165, 1.54) is 6.20 Å². The molecule has 0 spiro atoms. The van der Waals surface area contributed by atoms with E-state index >= 15 is 0 Å². The van der Waals surface area contributed by atoms with Crippen molar-refractivity contribution in [3.8, 4) is 0 Å². The molecule has 1 heterocycles.